The largest absolute Gasteiger partial charge is 0.336 e. The van der Waals surface area contributed by atoms with Crippen LogP contribution in [0.2, 0.25) is 5.02 Å². The monoisotopic (exact) mass is 344 g/mol. The topological polar surface area (TPSA) is 70.7 Å². The first-order valence-corrected chi connectivity index (χ1v) is 8.18. The van der Waals surface area contributed by atoms with Crippen LogP contribution in [0.4, 0.5) is 0 Å². The van der Waals surface area contributed by atoms with Crippen LogP contribution in [-0.2, 0) is 17.8 Å². The highest BCUT2D eigenvalue weighted by atomic mass is 35.5. The fourth-order valence-electron chi connectivity index (χ4n) is 2.50. The number of aromatic nitrogens is 2. The summed E-state index contributed by atoms with van der Waals surface area (Å²) in [4.78, 5) is 12.3. The van der Waals surface area contributed by atoms with E-state index in [1.54, 1.807) is 18.5 Å². The fraction of sp³-hybridized carbons (Fsp3) is 0.389. The number of amides is 1. The lowest BCUT2D eigenvalue weighted by atomic mass is 9.94. The van der Waals surface area contributed by atoms with E-state index in [2.05, 4.69) is 16.5 Å². The maximum absolute atomic E-state index is 12.3. The third-order valence-electron chi connectivity index (χ3n) is 4.01. The number of hydrogen-bond donors (Lipinski definition) is 1. The molecular formula is C18H21ClN4O. The predicted molar refractivity (Wildman–Crippen MR) is 93.6 cm³/mol. The number of halogens is 1. The van der Waals surface area contributed by atoms with Crippen molar-refractivity contribution in [2.24, 2.45) is 0 Å². The first-order chi connectivity index (χ1) is 11.3. The summed E-state index contributed by atoms with van der Waals surface area (Å²) in [5.41, 5.74) is 1.65. The molecule has 0 saturated heterocycles. The second-order valence-corrected chi connectivity index (χ2v) is 6.50. The molecule has 0 aliphatic heterocycles. The fourth-order valence-corrected chi connectivity index (χ4v) is 2.63. The molecule has 1 atom stereocenters. The molecule has 2 rings (SSSR count). The molecule has 0 bridgehead atoms. The Kier molecular flexibility index (Phi) is 5.63. The van der Waals surface area contributed by atoms with Gasteiger partial charge in [0.25, 0.3) is 0 Å². The number of hydrogen-bond acceptors (Lipinski definition) is 3. The number of nitriles is 1. The van der Waals surface area contributed by atoms with E-state index >= 15 is 0 Å². The predicted octanol–water partition coefficient (Wildman–Crippen LogP) is 3.18. The van der Waals surface area contributed by atoms with Gasteiger partial charge in [-0.2, -0.15) is 10.4 Å². The SMILES string of the molecule is Cc1nn(CC(=O)NC(C)(C#N)CCc2ccccc2)c(C)c1Cl. The maximum Gasteiger partial charge on any atom is 0.242 e. The molecule has 0 aliphatic carbocycles. The van der Waals surface area contributed by atoms with Gasteiger partial charge in [0.15, 0.2) is 0 Å². The first kappa shape index (κ1) is 18.0. The Labute approximate surface area is 147 Å². The van der Waals surface area contributed by atoms with Crippen LogP contribution in [0.1, 0.15) is 30.3 Å². The molecule has 0 fully saturated rings. The molecule has 5 nitrogen and oxygen atoms in total. The minimum absolute atomic E-state index is 0.0437. The molecular weight excluding hydrogens is 324 g/mol. The number of carbonyl (C=O) groups is 1. The van der Waals surface area contributed by atoms with E-state index in [9.17, 15) is 10.1 Å². The molecule has 0 spiro atoms. The average molecular weight is 345 g/mol. The van der Waals surface area contributed by atoms with E-state index in [-0.39, 0.29) is 12.5 Å². The summed E-state index contributed by atoms with van der Waals surface area (Å²) in [5, 5.41) is 17.1. The summed E-state index contributed by atoms with van der Waals surface area (Å²) in [6, 6.07) is 12.1. The lowest BCUT2D eigenvalue weighted by Gasteiger charge is -2.23. The molecule has 0 radical (unpaired) electrons. The summed E-state index contributed by atoms with van der Waals surface area (Å²) in [6.45, 7) is 5.39. The van der Waals surface area contributed by atoms with Gasteiger partial charge in [-0.15, -0.1) is 0 Å². The van der Waals surface area contributed by atoms with E-state index < -0.39 is 5.54 Å². The minimum Gasteiger partial charge on any atom is -0.336 e. The van der Waals surface area contributed by atoms with Gasteiger partial charge in [-0.3, -0.25) is 9.48 Å². The van der Waals surface area contributed by atoms with Crippen molar-refractivity contribution in [1.82, 2.24) is 15.1 Å². The molecule has 1 heterocycles. The van der Waals surface area contributed by atoms with Crippen LogP contribution in [0, 0.1) is 25.2 Å². The van der Waals surface area contributed by atoms with Crippen molar-refractivity contribution < 1.29 is 4.79 Å². The quantitative estimate of drug-likeness (QED) is 0.874. The number of rotatable bonds is 6. The van der Waals surface area contributed by atoms with E-state index in [0.717, 1.165) is 17.7 Å². The molecule has 0 saturated carbocycles. The molecule has 1 unspecified atom stereocenters. The Morgan fingerprint density at radius 2 is 2.04 bits per heavy atom. The van der Waals surface area contributed by atoms with Gasteiger partial charge in [-0.25, -0.2) is 0 Å². The van der Waals surface area contributed by atoms with Crippen molar-refractivity contribution in [2.75, 3.05) is 0 Å². The van der Waals surface area contributed by atoms with E-state index in [1.807, 2.05) is 37.3 Å². The summed E-state index contributed by atoms with van der Waals surface area (Å²) in [5.74, 6) is -0.255. The van der Waals surface area contributed by atoms with Crippen LogP contribution in [0.3, 0.4) is 0 Å². The minimum atomic E-state index is -0.924. The Morgan fingerprint density at radius 1 is 1.38 bits per heavy atom. The van der Waals surface area contributed by atoms with Gasteiger partial charge in [0, 0.05) is 0 Å². The maximum atomic E-state index is 12.3. The molecule has 6 heteroatoms. The van der Waals surface area contributed by atoms with Crippen LogP contribution in [-0.4, -0.2) is 21.2 Å². The van der Waals surface area contributed by atoms with Gasteiger partial charge in [-0.05, 0) is 39.2 Å². The van der Waals surface area contributed by atoms with Gasteiger partial charge in [0.05, 0.1) is 22.5 Å². The summed E-state index contributed by atoms with van der Waals surface area (Å²) in [6.07, 6.45) is 1.26. The molecule has 1 aromatic heterocycles. The molecule has 1 amide bonds. The first-order valence-electron chi connectivity index (χ1n) is 7.80. The lowest BCUT2D eigenvalue weighted by molar-refractivity contribution is -0.123. The van der Waals surface area contributed by atoms with Crippen molar-refractivity contribution in [3.05, 3.63) is 52.3 Å². The second-order valence-electron chi connectivity index (χ2n) is 6.12. The normalized spacial score (nSPS) is 13.1. The molecule has 24 heavy (non-hydrogen) atoms. The number of carbonyl (C=O) groups excluding carboxylic acids is 1. The zero-order valence-electron chi connectivity index (χ0n) is 14.1. The standard InChI is InChI=1S/C18H21ClN4O/c1-13-17(19)14(2)23(22-13)11-16(24)21-18(3,12-20)10-9-15-7-5-4-6-8-15/h4-8H,9-11H2,1-3H3,(H,21,24). The molecule has 126 valence electrons. The van der Waals surface area contributed by atoms with Crippen LogP contribution >= 0.6 is 11.6 Å². The molecule has 1 N–H and O–H groups in total. The Morgan fingerprint density at radius 3 is 2.58 bits per heavy atom. The van der Waals surface area contributed by atoms with Crippen LogP contribution in [0.15, 0.2) is 30.3 Å². The van der Waals surface area contributed by atoms with Crippen LogP contribution in [0.5, 0.6) is 0 Å². The Balaban J connectivity index is 1.99. The Hall–Kier alpha value is -2.32. The zero-order chi connectivity index (χ0) is 17.7. The van der Waals surface area contributed by atoms with E-state index in [4.69, 9.17) is 11.6 Å². The van der Waals surface area contributed by atoms with Gasteiger partial charge >= 0.3 is 0 Å². The number of nitrogens with zero attached hydrogens (tertiary/aromatic N) is 3. The van der Waals surface area contributed by atoms with Crippen LogP contribution < -0.4 is 5.32 Å². The van der Waals surface area contributed by atoms with E-state index in [0.29, 0.717) is 17.1 Å². The van der Waals surface area contributed by atoms with Crippen molar-refractivity contribution in [2.45, 2.75) is 45.7 Å². The highest BCUT2D eigenvalue weighted by Crippen LogP contribution is 2.19. The zero-order valence-corrected chi connectivity index (χ0v) is 14.9. The third kappa shape index (κ3) is 4.36. The lowest BCUT2D eigenvalue weighted by Crippen LogP contribution is -2.46. The second kappa shape index (κ2) is 7.50. The number of aryl methyl sites for hydroxylation is 2. The van der Waals surface area contributed by atoms with Crippen molar-refractivity contribution >= 4 is 17.5 Å². The van der Waals surface area contributed by atoms with Gasteiger partial charge in [0.2, 0.25) is 5.91 Å². The van der Waals surface area contributed by atoms with Crippen molar-refractivity contribution in [3.63, 3.8) is 0 Å². The smallest absolute Gasteiger partial charge is 0.242 e. The number of benzene rings is 1. The third-order valence-corrected chi connectivity index (χ3v) is 4.55. The summed E-state index contributed by atoms with van der Waals surface area (Å²) >= 11 is 6.09. The van der Waals surface area contributed by atoms with Crippen molar-refractivity contribution in [1.29, 1.82) is 5.26 Å². The highest BCUT2D eigenvalue weighted by molar-refractivity contribution is 6.31. The van der Waals surface area contributed by atoms with Crippen LogP contribution in [0.25, 0.3) is 0 Å². The Bertz CT molecular complexity index is 763. The summed E-state index contributed by atoms with van der Waals surface area (Å²) in [7, 11) is 0. The highest BCUT2D eigenvalue weighted by Gasteiger charge is 2.26. The molecule has 2 aromatic rings. The summed E-state index contributed by atoms with van der Waals surface area (Å²) < 4.78 is 1.56. The van der Waals surface area contributed by atoms with Crippen molar-refractivity contribution in [3.8, 4) is 6.07 Å². The van der Waals surface area contributed by atoms with Gasteiger partial charge < -0.3 is 5.32 Å². The van der Waals surface area contributed by atoms with E-state index in [1.165, 1.54) is 0 Å². The average Bonchev–Trinajstić information content (AvgIpc) is 2.81. The molecule has 1 aromatic carbocycles. The van der Waals surface area contributed by atoms with Gasteiger partial charge in [-0.1, -0.05) is 41.9 Å². The molecule has 0 aliphatic rings. The number of nitrogens with one attached hydrogen (secondary N) is 1. The van der Waals surface area contributed by atoms with Gasteiger partial charge in [0.1, 0.15) is 12.1 Å².